The van der Waals surface area contributed by atoms with Gasteiger partial charge in [0.1, 0.15) is 6.04 Å². The molecule has 30 heavy (non-hydrogen) atoms. The highest BCUT2D eigenvalue weighted by Crippen LogP contribution is 2.08. The number of carbonyl (C=O) groups is 2. The molecule has 0 aromatic heterocycles. The standard InChI is InChI=1S/C25H43N3O2/c1-19(2)9-7-18-27-25(30)23(11-8-17-26-20(3)4)28-24(29)12-6-10-22-15-13-21(5)14-16-22/h13-16,19-20,23,26H,6-12,17-18H2,1-5H3,(H,27,30)(H,28,29)/t23-/m1/s1. The summed E-state index contributed by atoms with van der Waals surface area (Å²) in [5.74, 6) is 0.532. The first-order chi connectivity index (χ1) is 14.3. The summed E-state index contributed by atoms with van der Waals surface area (Å²) in [6.07, 6.45) is 5.66. The van der Waals surface area contributed by atoms with E-state index in [9.17, 15) is 9.59 Å². The highest BCUT2D eigenvalue weighted by molar-refractivity contribution is 5.87. The molecule has 0 aliphatic rings. The van der Waals surface area contributed by atoms with Gasteiger partial charge in [0.2, 0.25) is 11.8 Å². The summed E-state index contributed by atoms with van der Waals surface area (Å²) in [6.45, 7) is 12.2. The van der Waals surface area contributed by atoms with Crippen LogP contribution in [-0.2, 0) is 16.0 Å². The topological polar surface area (TPSA) is 70.2 Å². The molecule has 0 saturated heterocycles. The Kier molecular flexibility index (Phi) is 13.1. The van der Waals surface area contributed by atoms with E-state index >= 15 is 0 Å². The van der Waals surface area contributed by atoms with Crippen LogP contribution in [0.15, 0.2) is 24.3 Å². The lowest BCUT2D eigenvalue weighted by Crippen LogP contribution is -2.47. The minimum atomic E-state index is -0.454. The summed E-state index contributed by atoms with van der Waals surface area (Å²) in [6, 6.07) is 8.39. The number of rotatable bonds is 15. The van der Waals surface area contributed by atoms with Crippen molar-refractivity contribution in [3.63, 3.8) is 0 Å². The molecule has 3 N–H and O–H groups in total. The number of aryl methyl sites for hydroxylation is 2. The van der Waals surface area contributed by atoms with E-state index in [-0.39, 0.29) is 11.8 Å². The lowest BCUT2D eigenvalue weighted by molar-refractivity contribution is -0.129. The second kappa shape index (κ2) is 15.0. The highest BCUT2D eigenvalue weighted by Gasteiger charge is 2.20. The summed E-state index contributed by atoms with van der Waals surface area (Å²) < 4.78 is 0. The molecule has 1 rings (SSSR count). The average molecular weight is 418 g/mol. The summed E-state index contributed by atoms with van der Waals surface area (Å²) in [7, 11) is 0. The molecular formula is C25H43N3O2. The van der Waals surface area contributed by atoms with Crippen LogP contribution in [0.1, 0.15) is 77.3 Å². The Hall–Kier alpha value is -1.88. The Bertz CT molecular complexity index is 611. The largest absolute Gasteiger partial charge is 0.354 e. The van der Waals surface area contributed by atoms with Crippen LogP contribution < -0.4 is 16.0 Å². The van der Waals surface area contributed by atoms with Crippen LogP contribution in [0, 0.1) is 12.8 Å². The van der Waals surface area contributed by atoms with Gasteiger partial charge in [0.25, 0.3) is 0 Å². The SMILES string of the molecule is Cc1ccc(CCCC(=O)N[C@H](CCCNC(C)C)C(=O)NCCCC(C)C)cc1. The van der Waals surface area contributed by atoms with Gasteiger partial charge in [0.05, 0.1) is 0 Å². The summed E-state index contributed by atoms with van der Waals surface area (Å²) in [5.41, 5.74) is 2.48. The molecule has 0 spiro atoms. The molecule has 0 bridgehead atoms. The molecule has 0 heterocycles. The van der Waals surface area contributed by atoms with Gasteiger partial charge < -0.3 is 16.0 Å². The lowest BCUT2D eigenvalue weighted by Gasteiger charge is -2.19. The first-order valence-corrected chi connectivity index (χ1v) is 11.6. The molecule has 5 heteroatoms. The molecule has 0 aliphatic carbocycles. The molecule has 0 aliphatic heterocycles. The van der Waals surface area contributed by atoms with Gasteiger partial charge in [-0.3, -0.25) is 9.59 Å². The van der Waals surface area contributed by atoms with Crippen LogP contribution in [0.2, 0.25) is 0 Å². The molecule has 0 unspecified atom stereocenters. The molecule has 5 nitrogen and oxygen atoms in total. The van der Waals surface area contributed by atoms with E-state index in [1.54, 1.807) is 0 Å². The predicted octanol–water partition coefficient (Wildman–Crippen LogP) is 4.13. The van der Waals surface area contributed by atoms with Crippen molar-refractivity contribution in [1.29, 1.82) is 0 Å². The van der Waals surface area contributed by atoms with E-state index in [1.807, 2.05) is 0 Å². The predicted molar refractivity (Wildman–Crippen MR) is 126 cm³/mol. The van der Waals surface area contributed by atoms with Crippen molar-refractivity contribution in [1.82, 2.24) is 16.0 Å². The van der Waals surface area contributed by atoms with Gasteiger partial charge in [-0.15, -0.1) is 0 Å². The Balaban J connectivity index is 2.45. The van der Waals surface area contributed by atoms with Crippen molar-refractivity contribution in [2.45, 2.75) is 91.6 Å². The average Bonchev–Trinajstić information content (AvgIpc) is 2.68. The van der Waals surface area contributed by atoms with Crippen LogP contribution >= 0.6 is 0 Å². The molecular weight excluding hydrogens is 374 g/mol. The summed E-state index contributed by atoms with van der Waals surface area (Å²) in [4.78, 5) is 25.1. The molecule has 0 radical (unpaired) electrons. The van der Waals surface area contributed by atoms with Gasteiger partial charge >= 0.3 is 0 Å². The van der Waals surface area contributed by atoms with Crippen molar-refractivity contribution in [2.24, 2.45) is 5.92 Å². The van der Waals surface area contributed by atoms with Crippen molar-refractivity contribution in [3.05, 3.63) is 35.4 Å². The minimum Gasteiger partial charge on any atom is -0.354 e. The molecule has 1 atom stereocenters. The number of benzene rings is 1. The van der Waals surface area contributed by atoms with Crippen molar-refractivity contribution < 1.29 is 9.59 Å². The summed E-state index contributed by atoms with van der Waals surface area (Å²) >= 11 is 0. The van der Waals surface area contributed by atoms with Crippen LogP contribution in [0.5, 0.6) is 0 Å². The van der Waals surface area contributed by atoms with Gasteiger partial charge in [0, 0.05) is 19.0 Å². The van der Waals surface area contributed by atoms with Crippen LogP contribution in [0.25, 0.3) is 0 Å². The van der Waals surface area contributed by atoms with Crippen LogP contribution in [0.3, 0.4) is 0 Å². The summed E-state index contributed by atoms with van der Waals surface area (Å²) in [5, 5.41) is 9.35. The highest BCUT2D eigenvalue weighted by atomic mass is 16.2. The fourth-order valence-corrected chi connectivity index (χ4v) is 3.29. The smallest absolute Gasteiger partial charge is 0.242 e. The molecule has 0 saturated carbocycles. The third-order valence-corrected chi connectivity index (χ3v) is 5.12. The minimum absolute atomic E-state index is 0.0405. The number of carbonyl (C=O) groups excluding carboxylic acids is 2. The van der Waals surface area contributed by atoms with E-state index in [0.29, 0.717) is 31.3 Å². The van der Waals surface area contributed by atoms with Crippen molar-refractivity contribution >= 4 is 11.8 Å². The van der Waals surface area contributed by atoms with Crippen LogP contribution in [-0.4, -0.2) is 37.0 Å². The zero-order valence-electron chi connectivity index (χ0n) is 19.7. The second-order valence-corrected chi connectivity index (χ2v) is 9.04. The lowest BCUT2D eigenvalue weighted by atomic mass is 10.1. The van der Waals surface area contributed by atoms with Gasteiger partial charge in [0.15, 0.2) is 0 Å². The third kappa shape index (κ3) is 12.6. The van der Waals surface area contributed by atoms with E-state index < -0.39 is 6.04 Å². The zero-order chi connectivity index (χ0) is 22.4. The number of hydrogen-bond acceptors (Lipinski definition) is 3. The van der Waals surface area contributed by atoms with E-state index in [2.05, 4.69) is 74.8 Å². The fourth-order valence-electron chi connectivity index (χ4n) is 3.29. The van der Waals surface area contributed by atoms with Gasteiger partial charge in [-0.1, -0.05) is 57.5 Å². The van der Waals surface area contributed by atoms with Crippen LogP contribution in [0.4, 0.5) is 0 Å². The monoisotopic (exact) mass is 417 g/mol. The maximum atomic E-state index is 12.6. The second-order valence-electron chi connectivity index (χ2n) is 9.04. The maximum Gasteiger partial charge on any atom is 0.242 e. The Morgan fingerprint density at radius 2 is 1.57 bits per heavy atom. The normalized spacial score (nSPS) is 12.2. The molecule has 1 aromatic carbocycles. The Morgan fingerprint density at radius 3 is 2.20 bits per heavy atom. The number of nitrogens with one attached hydrogen (secondary N) is 3. The van der Waals surface area contributed by atoms with Gasteiger partial charge in [-0.25, -0.2) is 0 Å². The van der Waals surface area contributed by atoms with E-state index in [4.69, 9.17) is 0 Å². The van der Waals surface area contributed by atoms with Crippen molar-refractivity contribution in [3.8, 4) is 0 Å². The third-order valence-electron chi connectivity index (χ3n) is 5.12. The number of hydrogen-bond donors (Lipinski definition) is 3. The molecule has 1 aromatic rings. The first kappa shape index (κ1) is 26.2. The Morgan fingerprint density at radius 1 is 0.900 bits per heavy atom. The quantitative estimate of drug-likeness (QED) is 0.376. The zero-order valence-corrected chi connectivity index (χ0v) is 19.7. The number of amides is 2. The molecule has 2 amide bonds. The fraction of sp³-hybridized carbons (Fsp3) is 0.680. The van der Waals surface area contributed by atoms with E-state index in [0.717, 1.165) is 38.6 Å². The van der Waals surface area contributed by atoms with Gasteiger partial charge in [-0.2, -0.15) is 0 Å². The first-order valence-electron chi connectivity index (χ1n) is 11.6. The molecule has 170 valence electrons. The van der Waals surface area contributed by atoms with E-state index in [1.165, 1.54) is 11.1 Å². The van der Waals surface area contributed by atoms with Gasteiger partial charge in [-0.05, 0) is 63.5 Å². The Labute approximate surface area is 183 Å². The molecule has 0 fully saturated rings. The maximum absolute atomic E-state index is 12.6. The van der Waals surface area contributed by atoms with Crippen molar-refractivity contribution in [2.75, 3.05) is 13.1 Å².